The van der Waals surface area contributed by atoms with Gasteiger partial charge in [-0.25, -0.2) is 10.1 Å². The van der Waals surface area contributed by atoms with Crippen LogP contribution in [0, 0.1) is 0 Å². The molecule has 1 aromatic heterocycles. The molecule has 0 aliphatic rings. The molecular weight excluding hydrogens is 376 g/mol. The number of carbonyl (C=O) groups is 1. The van der Waals surface area contributed by atoms with E-state index in [1.54, 1.807) is 30.1 Å². The molecule has 1 heterocycles. The number of hydrazone groups is 1. The third kappa shape index (κ3) is 4.12. The number of nitrogens with one attached hydrogen (secondary N) is 1. The number of carbonyl (C=O) groups excluding carboxylic acids is 1. The van der Waals surface area contributed by atoms with Crippen LogP contribution in [-0.2, 0) is 0 Å². The smallest absolute Gasteiger partial charge is 0.271 e. The third-order valence-electron chi connectivity index (χ3n) is 4.53. The zero-order chi connectivity index (χ0) is 20.8. The molecule has 0 aliphatic carbocycles. The molecule has 0 unspecified atom stereocenters. The second-order valence-corrected chi connectivity index (χ2v) is 6.48. The quantitative estimate of drug-likeness (QED) is 0.390. The average Bonchev–Trinajstić information content (AvgIpc) is 3.24. The summed E-state index contributed by atoms with van der Waals surface area (Å²) in [4.78, 5) is 12.3. The van der Waals surface area contributed by atoms with Gasteiger partial charge >= 0.3 is 0 Å². The molecule has 0 saturated carbocycles. The van der Waals surface area contributed by atoms with Crippen molar-refractivity contribution in [2.75, 3.05) is 7.11 Å². The summed E-state index contributed by atoms with van der Waals surface area (Å²) in [5.41, 5.74) is 6.31. The fraction of sp³-hybridized carbons (Fsp3) is 0.0417. The van der Waals surface area contributed by atoms with Crippen molar-refractivity contribution >= 4 is 12.1 Å². The number of nitrogens with zero attached hydrogens (tertiary/aromatic N) is 3. The number of para-hydroxylation sites is 2. The molecule has 0 spiro atoms. The van der Waals surface area contributed by atoms with Crippen molar-refractivity contribution in [3.05, 3.63) is 102 Å². The molecular formula is C24H20N4O2. The van der Waals surface area contributed by atoms with Crippen LogP contribution in [0.2, 0.25) is 0 Å². The van der Waals surface area contributed by atoms with Gasteiger partial charge in [0.25, 0.3) is 5.91 Å². The van der Waals surface area contributed by atoms with E-state index >= 15 is 0 Å². The Hall–Kier alpha value is -4.19. The minimum absolute atomic E-state index is 0.277. The molecule has 3 aromatic carbocycles. The molecule has 0 atom stereocenters. The van der Waals surface area contributed by atoms with Gasteiger partial charge in [-0.3, -0.25) is 4.79 Å². The largest absolute Gasteiger partial charge is 0.496 e. The molecule has 0 saturated heterocycles. The molecule has 148 valence electrons. The average molecular weight is 396 g/mol. The standard InChI is InChI=1S/C24H20N4O2/c1-30-22-15-9-8-14-21(22)23-19(17-28(27-23)20-12-6-3-7-13-20)16-25-26-24(29)18-10-4-2-5-11-18/h2-17H,1H3,(H,26,29)/b25-16-. The molecule has 1 N–H and O–H groups in total. The molecule has 0 fully saturated rings. The fourth-order valence-corrected chi connectivity index (χ4v) is 3.06. The number of benzene rings is 3. The normalized spacial score (nSPS) is 10.8. The summed E-state index contributed by atoms with van der Waals surface area (Å²) in [7, 11) is 1.63. The van der Waals surface area contributed by atoms with Crippen LogP contribution in [0.1, 0.15) is 15.9 Å². The first-order valence-corrected chi connectivity index (χ1v) is 9.43. The van der Waals surface area contributed by atoms with Crippen LogP contribution in [0.25, 0.3) is 16.9 Å². The lowest BCUT2D eigenvalue weighted by Crippen LogP contribution is -2.17. The highest BCUT2D eigenvalue weighted by molar-refractivity contribution is 5.95. The Balaban J connectivity index is 1.69. The summed E-state index contributed by atoms with van der Waals surface area (Å²) in [5.74, 6) is 0.430. The SMILES string of the molecule is COc1ccccc1-c1nn(-c2ccccc2)cc1/C=N\NC(=O)c1ccccc1. The summed E-state index contributed by atoms with van der Waals surface area (Å²) < 4.78 is 7.29. The number of methoxy groups -OCH3 is 1. The molecule has 0 radical (unpaired) electrons. The van der Waals surface area contributed by atoms with E-state index in [4.69, 9.17) is 9.84 Å². The third-order valence-corrected chi connectivity index (χ3v) is 4.53. The number of hydrogen-bond donors (Lipinski definition) is 1. The topological polar surface area (TPSA) is 68.5 Å². The minimum atomic E-state index is -0.277. The highest BCUT2D eigenvalue weighted by Gasteiger charge is 2.15. The first-order valence-electron chi connectivity index (χ1n) is 9.43. The Morgan fingerprint density at radius 2 is 1.63 bits per heavy atom. The van der Waals surface area contributed by atoms with E-state index in [9.17, 15) is 4.79 Å². The van der Waals surface area contributed by atoms with E-state index in [-0.39, 0.29) is 5.91 Å². The maximum Gasteiger partial charge on any atom is 0.271 e. The van der Waals surface area contributed by atoms with Crippen molar-refractivity contribution in [3.63, 3.8) is 0 Å². The molecule has 1 amide bonds. The van der Waals surface area contributed by atoms with E-state index in [1.807, 2.05) is 79.0 Å². The van der Waals surface area contributed by atoms with Crippen LogP contribution in [0.5, 0.6) is 5.75 Å². The van der Waals surface area contributed by atoms with Gasteiger partial charge in [-0.1, -0.05) is 48.5 Å². The predicted octanol–water partition coefficient (Wildman–Crippen LogP) is 4.31. The Morgan fingerprint density at radius 1 is 0.967 bits per heavy atom. The Kier molecular flexibility index (Phi) is 5.66. The van der Waals surface area contributed by atoms with Crippen molar-refractivity contribution in [2.45, 2.75) is 0 Å². The van der Waals surface area contributed by atoms with Gasteiger partial charge in [0.2, 0.25) is 0 Å². The number of amides is 1. The van der Waals surface area contributed by atoms with Gasteiger partial charge < -0.3 is 4.74 Å². The van der Waals surface area contributed by atoms with Gasteiger partial charge in [-0.05, 0) is 36.4 Å². The summed E-state index contributed by atoms with van der Waals surface area (Å²) in [6.45, 7) is 0. The van der Waals surface area contributed by atoms with Crippen LogP contribution in [0.15, 0.2) is 96.2 Å². The van der Waals surface area contributed by atoms with Crippen LogP contribution < -0.4 is 10.2 Å². The van der Waals surface area contributed by atoms with Gasteiger partial charge in [0.15, 0.2) is 0 Å². The van der Waals surface area contributed by atoms with Crippen LogP contribution >= 0.6 is 0 Å². The summed E-state index contributed by atoms with van der Waals surface area (Å²) in [6.07, 6.45) is 3.46. The van der Waals surface area contributed by atoms with E-state index < -0.39 is 0 Å². The predicted molar refractivity (Wildman–Crippen MR) is 117 cm³/mol. The van der Waals surface area contributed by atoms with E-state index in [0.29, 0.717) is 17.0 Å². The van der Waals surface area contributed by atoms with Crippen molar-refractivity contribution < 1.29 is 9.53 Å². The fourth-order valence-electron chi connectivity index (χ4n) is 3.06. The van der Waals surface area contributed by atoms with Crippen molar-refractivity contribution in [3.8, 4) is 22.7 Å². The molecule has 30 heavy (non-hydrogen) atoms. The van der Waals surface area contributed by atoms with Crippen molar-refractivity contribution in [1.82, 2.24) is 15.2 Å². The monoisotopic (exact) mass is 396 g/mol. The molecule has 4 rings (SSSR count). The zero-order valence-electron chi connectivity index (χ0n) is 16.4. The lowest BCUT2D eigenvalue weighted by Gasteiger charge is -2.06. The van der Waals surface area contributed by atoms with Gasteiger partial charge in [-0.15, -0.1) is 0 Å². The van der Waals surface area contributed by atoms with Crippen molar-refractivity contribution in [2.24, 2.45) is 5.10 Å². The number of aromatic nitrogens is 2. The maximum atomic E-state index is 12.3. The summed E-state index contributed by atoms with van der Waals surface area (Å²) in [6, 6.07) is 26.4. The second-order valence-electron chi connectivity index (χ2n) is 6.48. The highest BCUT2D eigenvalue weighted by Crippen LogP contribution is 2.31. The van der Waals surface area contributed by atoms with Crippen LogP contribution in [-0.4, -0.2) is 29.0 Å². The Bertz CT molecular complexity index is 1170. The van der Waals surface area contributed by atoms with Gasteiger partial charge in [0.05, 0.1) is 19.0 Å². The molecule has 0 aliphatic heterocycles. The lowest BCUT2D eigenvalue weighted by molar-refractivity contribution is 0.0955. The van der Waals surface area contributed by atoms with Gasteiger partial charge in [0, 0.05) is 22.9 Å². The number of rotatable bonds is 6. The van der Waals surface area contributed by atoms with Crippen LogP contribution in [0.4, 0.5) is 0 Å². The van der Waals surface area contributed by atoms with E-state index in [1.165, 1.54) is 0 Å². The molecule has 6 heteroatoms. The van der Waals surface area contributed by atoms with Crippen molar-refractivity contribution in [1.29, 1.82) is 0 Å². The number of ether oxygens (including phenoxy) is 1. The molecule has 4 aromatic rings. The van der Waals surface area contributed by atoms with E-state index in [0.717, 1.165) is 16.8 Å². The van der Waals surface area contributed by atoms with Gasteiger partial charge in [-0.2, -0.15) is 10.2 Å². The maximum absolute atomic E-state index is 12.3. The van der Waals surface area contributed by atoms with E-state index in [2.05, 4.69) is 10.5 Å². The van der Waals surface area contributed by atoms with Crippen LogP contribution in [0.3, 0.4) is 0 Å². The zero-order valence-corrected chi connectivity index (χ0v) is 16.4. The first-order chi connectivity index (χ1) is 14.8. The first kappa shape index (κ1) is 19.1. The lowest BCUT2D eigenvalue weighted by atomic mass is 10.1. The molecule has 6 nitrogen and oxygen atoms in total. The minimum Gasteiger partial charge on any atom is -0.496 e. The summed E-state index contributed by atoms with van der Waals surface area (Å²) >= 11 is 0. The second kappa shape index (κ2) is 8.87. The van der Waals surface area contributed by atoms with Gasteiger partial charge in [0.1, 0.15) is 11.4 Å². The number of hydrogen-bond acceptors (Lipinski definition) is 4. The molecule has 0 bridgehead atoms. The highest BCUT2D eigenvalue weighted by atomic mass is 16.5. The Morgan fingerprint density at radius 3 is 2.37 bits per heavy atom. The Labute approximate surface area is 174 Å². The summed E-state index contributed by atoms with van der Waals surface area (Å²) in [5, 5.41) is 8.90.